The third kappa shape index (κ3) is 3.21. The summed E-state index contributed by atoms with van der Waals surface area (Å²) in [7, 11) is 0. The van der Waals surface area contributed by atoms with Crippen LogP contribution in [0.3, 0.4) is 0 Å². The molecule has 2 aromatic carbocycles. The van der Waals surface area contributed by atoms with Crippen molar-refractivity contribution in [1.29, 1.82) is 0 Å². The highest BCUT2D eigenvalue weighted by Crippen LogP contribution is 2.32. The number of aromatic nitrogens is 2. The van der Waals surface area contributed by atoms with Crippen LogP contribution in [0.4, 0.5) is 5.69 Å². The van der Waals surface area contributed by atoms with Crippen LogP contribution in [0.5, 0.6) is 0 Å². The molecule has 31 heavy (non-hydrogen) atoms. The average molecular weight is 417 g/mol. The zero-order valence-corrected chi connectivity index (χ0v) is 17.5. The van der Waals surface area contributed by atoms with Crippen molar-refractivity contribution in [2.45, 2.75) is 51.8 Å². The molecule has 2 aliphatic rings. The molecule has 2 atom stereocenters. The topological polar surface area (TPSA) is 81.5 Å². The Morgan fingerprint density at radius 2 is 2.00 bits per heavy atom. The molecule has 0 aliphatic carbocycles. The summed E-state index contributed by atoms with van der Waals surface area (Å²) < 4.78 is 7.20. The van der Waals surface area contributed by atoms with E-state index in [1.165, 1.54) is 0 Å². The molecule has 1 amide bonds. The number of anilines is 1. The third-order valence-electron chi connectivity index (χ3n) is 6.13. The summed E-state index contributed by atoms with van der Waals surface area (Å²) in [6.45, 7) is 4.25. The number of carbonyl (C=O) groups excluding carboxylic acids is 2. The van der Waals surface area contributed by atoms with Crippen LogP contribution in [0.25, 0.3) is 10.9 Å². The van der Waals surface area contributed by atoms with Gasteiger partial charge >= 0.3 is 5.97 Å². The number of hydrogen-bond donors (Lipinski definition) is 0. The van der Waals surface area contributed by atoms with Gasteiger partial charge in [0.2, 0.25) is 0 Å². The van der Waals surface area contributed by atoms with Gasteiger partial charge < -0.3 is 9.64 Å². The summed E-state index contributed by atoms with van der Waals surface area (Å²) in [6.07, 6.45) is 1.49. The number of aryl methyl sites for hydroxylation is 1. The second-order valence-corrected chi connectivity index (χ2v) is 8.26. The molecule has 0 N–H and O–H groups in total. The molecule has 3 aromatic rings. The number of esters is 1. The Hall–Kier alpha value is -3.48. The molecule has 0 spiro atoms. The fourth-order valence-corrected chi connectivity index (χ4v) is 4.59. The van der Waals surface area contributed by atoms with Crippen LogP contribution in [0.2, 0.25) is 0 Å². The highest BCUT2D eigenvalue weighted by Gasteiger charge is 2.34. The monoisotopic (exact) mass is 417 g/mol. The fourth-order valence-electron chi connectivity index (χ4n) is 4.59. The van der Waals surface area contributed by atoms with E-state index in [2.05, 4.69) is 4.98 Å². The van der Waals surface area contributed by atoms with E-state index in [0.717, 1.165) is 36.3 Å². The highest BCUT2D eigenvalue weighted by atomic mass is 16.5. The molecule has 158 valence electrons. The maximum absolute atomic E-state index is 13.1. The first-order valence-corrected chi connectivity index (χ1v) is 10.6. The first kappa shape index (κ1) is 19.5. The Labute approximate surface area is 179 Å². The van der Waals surface area contributed by atoms with Gasteiger partial charge in [0.05, 0.1) is 16.5 Å². The Morgan fingerprint density at radius 3 is 2.84 bits per heavy atom. The first-order chi connectivity index (χ1) is 14.9. The van der Waals surface area contributed by atoms with Crippen molar-refractivity contribution in [3.8, 4) is 0 Å². The molecule has 1 aromatic heterocycles. The van der Waals surface area contributed by atoms with Gasteiger partial charge in [-0.15, -0.1) is 0 Å². The van der Waals surface area contributed by atoms with E-state index in [1.54, 1.807) is 34.6 Å². The van der Waals surface area contributed by atoms with Gasteiger partial charge in [0.25, 0.3) is 11.5 Å². The number of nitrogens with zero attached hydrogens (tertiary/aromatic N) is 3. The van der Waals surface area contributed by atoms with Crippen molar-refractivity contribution in [2.24, 2.45) is 0 Å². The Bertz CT molecular complexity index is 1280. The molecule has 0 fully saturated rings. The van der Waals surface area contributed by atoms with Gasteiger partial charge in [0.15, 0.2) is 6.10 Å². The second-order valence-electron chi connectivity index (χ2n) is 8.26. The molecule has 3 heterocycles. The SMILES string of the molecule is C[C@@H](OC(=O)c1ccc2c(=O)n3c(nc2c1)CCC3)C(=O)N1c2ccccc2C[C@@H]1C. The van der Waals surface area contributed by atoms with E-state index in [-0.39, 0.29) is 23.1 Å². The van der Waals surface area contributed by atoms with E-state index in [1.807, 2.05) is 31.2 Å². The number of ether oxygens (including phenoxy) is 1. The normalized spacial score (nSPS) is 18.0. The molecule has 0 saturated carbocycles. The van der Waals surface area contributed by atoms with Crippen molar-refractivity contribution in [3.05, 3.63) is 69.8 Å². The lowest BCUT2D eigenvalue weighted by Gasteiger charge is -2.26. The molecule has 0 saturated heterocycles. The fraction of sp³-hybridized carbons (Fsp3) is 0.333. The van der Waals surface area contributed by atoms with Crippen LogP contribution >= 0.6 is 0 Å². The lowest BCUT2D eigenvalue weighted by Crippen LogP contribution is -2.43. The number of para-hydroxylation sites is 1. The lowest BCUT2D eigenvalue weighted by atomic mass is 10.1. The van der Waals surface area contributed by atoms with Crippen LogP contribution < -0.4 is 10.5 Å². The molecular formula is C24H23N3O4. The van der Waals surface area contributed by atoms with Crippen LogP contribution in [-0.4, -0.2) is 33.6 Å². The highest BCUT2D eigenvalue weighted by molar-refractivity contribution is 6.01. The number of rotatable bonds is 3. The minimum absolute atomic E-state index is 0.00555. The smallest absolute Gasteiger partial charge is 0.338 e. The molecule has 0 radical (unpaired) electrons. The second kappa shape index (κ2) is 7.34. The van der Waals surface area contributed by atoms with Crippen molar-refractivity contribution >= 4 is 28.5 Å². The Balaban J connectivity index is 1.37. The zero-order valence-electron chi connectivity index (χ0n) is 17.5. The van der Waals surface area contributed by atoms with Gasteiger partial charge in [-0.3, -0.25) is 14.2 Å². The number of hydrogen-bond acceptors (Lipinski definition) is 5. The predicted octanol–water partition coefficient (Wildman–Crippen LogP) is 2.87. The number of fused-ring (bicyclic) bond motifs is 3. The summed E-state index contributed by atoms with van der Waals surface area (Å²) in [5, 5.41) is 0.480. The van der Waals surface area contributed by atoms with Crippen LogP contribution in [0.1, 0.15) is 42.0 Å². The summed E-state index contributed by atoms with van der Waals surface area (Å²) >= 11 is 0. The van der Waals surface area contributed by atoms with Gasteiger partial charge in [-0.25, -0.2) is 9.78 Å². The Kier molecular flexibility index (Phi) is 4.61. The summed E-state index contributed by atoms with van der Waals surface area (Å²) in [5.74, 6) is -0.112. The summed E-state index contributed by atoms with van der Waals surface area (Å²) in [5.41, 5.74) is 2.65. The van der Waals surface area contributed by atoms with Gasteiger partial charge in [-0.05, 0) is 56.5 Å². The maximum atomic E-state index is 13.1. The molecular weight excluding hydrogens is 394 g/mol. The molecule has 2 aliphatic heterocycles. The molecule has 5 rings (SSSR count). The van der Waals surface area contributed by atoms with Gasteiger partial charge in [-0.2, -0.15) is 0 Å². The molecule has 7 heteroatoms. The molecule has 0 bridgehead atoms. The summed E-state index contributed by atoms with van der Waals surface area (Å²) in [4.78, 5) is 44.7. The minimum atomic E-state index is -0.935. The van der Waals surface area contributed by atoms with Crippen molar-refractivity contribution < 1.29 is 14.3 Å². The molecule has 7 nitrogen and oxygen atoms in total. The standard InChI is InChI=1S/C24H23N3O4/c1-14-12-16-6-3-4-7-20(16)27(14)22(28)15(2)31-24(30)17-9-10-18-19(13-17)25-21-8-5-11-26(21)23(18)29/h3-4,6-7,9-10,13-15H,5,8,11-12H2,1-2H3/t14-,15+/m0/s1. The number of benzene rings is 2. The van der Waals surface area contributed by atoms with E-state index in [4.69, 9.17) is 4.74 Å². The first-order valence-electron chi connectivity index (χ1n) is 10.6. The quantitative estimate of drug-likeness (QED) is 0.612. The van der Waals surface area contributed by atoms with Gasteiger partial charge in [0.1, 0.15) is 5.82 Å². The number of amides is 1. The average Bonchev–Trinajstić information content (AvgIpc) is 3.36. The van der Waals surface area contributed by atoms with Gasteiger partial charge in [-0.1, -0.05) is 18.2 Å². The summed E-state index contributed by atoms with van der Waals surface area (Å²) in [6, 6.07) is 12.5. The minimum Gasteiger partial charge on any atom is -0.449 e. The van der Waals surface area contributed by atoms with Crippen molar-refractivity contribution in [3.63, 3.8) is 0 Å². The van der Waals surface area contributed by atoms with E-state index in [9.17, 15) is 14.4 Å². The predicted molar refractivity (Wildman–Crippen MR) is 116 cm³/mol. The Morgan fingerprint density at radius 1 is 1.19 bits per heavy atom. The maximum Gasteiger partial charge on any atom is 0.338 e. The molecule has 0 unspecified atom stereocenters. The third-order valence-corrected chi connectivity index (χ3v) is 6.13. The van der Waals surface area contributed by atoms with Crippen molar-refractivity contribution in [1.82, 2.24) is 9.55 Å². The largest absolute Gasteiger partial charge is 0.449 e. The van der Waals surface area contributed by atoms with E-state index in [0.29, 0.717) is 17.4 Å². The van der Waals surface area contributed by atoms with E-state index < -0.39 is 12.1 Å². The zero-order chi connectivity index (χ0) is 21.7. The number of carbonyl (C=O) groups is 2. The van der Waals surface area contributed by atoms with E-state index >= 15 is 0 Å². The van der Waals surface area contributed by atoms with Gasteiger partial charge in [0, 0.05) is 24.7 Å². The van der Waals surface area contributed by atoms with Crippen LogP contribution in [-0.2, 0) is 28.9 Å². The van der Waals surface area contributed by atoms with Crippen molar-refractivity contribution in [2.75, 3.05) is 4.90 Å². The van der Waals surface area contributed by atoms with Crippen LogP contribution in [0, 0.1) is 0 Å². The lowest BCUT2D eigenvalue weighted by molar-refractivity contribution is -0.126. The van der Waals surface area contributed by atoms with Crippen LogP contribution in [0.15, 0.2) is 47.3 Å².